The summed E-state index contributed by atoms with van der Waals surface area (Å²) in [6.07, 6.45) is 1.59. The average molecular weight is 566 g/mol. The zero-order valence-electron chi connectivity index (χ0n) is 24.0. The fraction of sp³-hybridized carbons (Fsp3) is 0.387. The SMILES string of the molecule is CCN(C(=O)C(CCSC)NC(=O)OC(C)(C)C)C(C(=O)Nc1ccc2ccccc2c1)c1ccc(O)c(C)c1. The summed E-state index contributed by atoms with van der Waals surface area (Å²) in [5.41, 5.74) is 0.992. The molecule has 0 saturated heterocycles. The molecule has 3 aromatic carbocycles. The molecule has 0 radical (unpaired) electrons. The Balaban J connectivity index is 1.98. The average Bonchev–Trinajstić information content (AvgIpc) is 2.89. The number of hydrogen-bond acceptors (Lipinski definition) is 6. The minimum atomic E-state index is -1.01. The second-order valence-electron chi connectivity index (χ2n) is 10.6. The summed E-state index contributed by atoms with van der Waals surface area (Å²) in [7, 11) is 0. The lowest BCUT2D eigenvalue weighted by Gasteiger charge is -2.34. The Morgan fingerprint density at radius 2 is 1.73 bits per heavy atom. The third-order valence-corrected chi connectivity index (χ3v) is 6.98. The molecule has 0 saturated carbocycles. The van der Waals surface area contributed by atoms with Crippen molar-refractivity contribution in [1.82, 2.24) is 10.2 Å². The Bertz CT molecular complexity index is 1350. The number of amides is 3. The van der Waals surface area contributed by atoms with E-state index in [-0.39, 0.29) is 12.3 Å². The molecule has 0 bridgehead atoms. The highest BCUT2D eigenvalue weighted by molar-refractivity contribution is 7.98. The molecule has 3 aromatic rings. The van der Waals surface area contributed by atoms with Crippen LogP contribution in [0.25, 0.3) is 10.8 Å². The highest BCUT2D eigenvalue weighted by atomic mass is 32.2. The first-order valence-electron chi connectivity index (χ1n) is 13.3. The van der Waals surface area contributed by atoms with E-state index < -0.39 is 35.6 Å². The van der Waals surface area contributed by atoms with Crippen LogP contribution >= 0.6 is 11.8 Å². The minimum absolute atomic E-state index is 0.0938. The first-order valence-corrected chi connectivity index (χ1v) is 14.7. The number of fused-ring (bicyclic) bond motifs is 1. The third kappa shape index (κ3) is 8.14. The number of benzene rings is 3. The Morgan fingerprint density at radius 1 is 1.02 bits per heavy atom. The number of rotatable bonds is 10. The van der Waals surface area contributed by atoms with Gasteiger partial charge in [0, 0.05) is 12.2 Å². The molecule has 0 aliphatic carbocycles. The highest BCUT2D eigenvalue weighted by Gasteiger charge is 2.35. The summed E-state index contributed by atoms with van der Waals surface area (Å²) in [5.74, 6) is -0.0877. The van der Waals surface area contributed by atoms with Crippen LogP contribution in [0.4, 0.5) is 10.5 Å². The number of anilines is 1. The summed E-state index contributed by atoms with van der Waals surface area (Å²) >= 11 is 1.55. The van der Waals surface area contributed by atoms with Crippen LogP contribution < -0.4 is 10.6 Å². The molecule has 9 heteroatoms. The van der Waals surface area contributed by atoms with Crippen LogP contribution in [0.3, 0.4) is 0 Å². The first-order chi connectivity index (χ1) is 18.9. The molecule has 40 heavy (non-hydrogen) atoms. The van der Waals surface area contributed by atoms with E-state index in [1.165, 1.54) is 11.0 Å². The van der Waals surface area contributed by atoms with Crippen molar-refractivity contribution < 1.29 is 24.2 Å². The van der Waals surface area contributed by atoms with Gasteiger partial charge >= 0.3 is 6.09 Å². The Hall–Kier alpha value is -3.72. The second kappa shape index (κ2) is 13.6. The van der Waals surface area contributed by atoms with Gasteiger partial charge < -0.3 is 25.4 Å². The number of aromatic hydroxyl groups is 1. The molecule has 2 unspecified atom stereocenters. The van der Waals surface area contributed by atoms with Gasteiger partial charge in [-0.2, -0.15) is 11.8 Å². The van der Waals surface area contributed by atoms with E-state index in [1.54, 1.807) is 58.5 Å². The predicted molar refractivity (Wildman–Crippen MR) is 162 cm³/mol. The molecule has 0 aromatic heterocycles. The lowest BCUT2D eigenvalue weighted by molar-refractivity contribution is -0.140. The first kappa shape index (κ1) is 30.8. The number of phenols is 1. The van der Waals surface area contributed by atoms with Gasteiger partial charge in [-0.3, -0.25) is 9.59 Å². The van der Waals surface area contributed by atoms with E-state index in [0.717, 1.165) is 10.8 Å². The van der Waals surface area contributed by atoms with E-state index in [0.29, 0.717) is 29.0 Å². The van der Waals surface area contributed by atoms with E-state index >= 15 is 0 Å². The van der Waals surface area contributed by atoms with Crippen molar-refractivity contribution >= 4 is 46.1 Å². The number of phenolic OH excluding ortho intramolecular Hbond substituents is 1. The number of carbonyl (C=O) groups excluding carboxylic acids is 3. The highest BCUT2D eigenvalue weighted by Crippen LogP contribution is 2.29. The molecule has 3 amide bonds. The van der Waals surface area contributed by atoms with Crippen molar-refractivity contribution in [3.63, 3.8) is 0 Å². The molecule has 0 aliphatic heterocycles. The van der Waals surface area contributed by atoms with Gasteiger partial charge in [0.05, 0.1) is 0 Å². The van der Waals surface area contributed by atoms with Gasteiger partial charge in [-0.25, -0.2) is 4.79 Å². The fourth-order valence-corrected chi connectivity index (χ4v) is 4.88. The number of hydrogen-bond donors (Lipinski definition) is 3. The number of likely N-dealkylation sites (N-methyl/N-ethyl adjacent to an activating group) is 1. The van der Waals surface area contributed by atoms with Crippen molar-refractivity contribution in [2.45, 2.75) is 58.7 Å². The van der Waals surface area contributed by atoms with Gasteiger partial charge in [0.15, 0.2) is 0 Å². The zero-order chi connectivity index (χ0) is 29.4. The van der Waals surface area contributed by atoms with Gasteiger partial charge in [-0.15, -0.1) is 0 Å². The molecule has 0 aliphatic rings. The molecule has 0 spiro atoms. The number of nitrogens with one attached hydrogen (secondary N) is 2. The van der Waals surface area contributed by atoms with Crippen LogP contribution in [0.5, 0.6) is 5.75 Å². The number of thioether (sulfide) groups is 1. The monoisotopic (exact) mass is 565 g/mol. The number of carbonyl (C=O) groups is 3. The smallest absolute Gasteiger partial charge is 0.408 e. The minimum Gasteiger partial charge on any atom is -0.508 e. The van der Waals surface area contributed by atoms with Crippen molar-refractivity contribution in [2.24, 2.45) is 0 Å². The summed E-state index contributed by atoms with van der Waals surface area (Å²) < 4.78 is 5.41. The van der Waals surface area contributed by atoms with Crippen LogP contribution in [0.2, 0.25) is 0 Å². The normalized spacial score (nSPS) is 12.8. The lowest BCUT2D eigenvalue weighted by Crippen LogP contribution is -2.52. The predicted octanol–water partition coefficient (Wildman–Crippen LogP) is 6.03. The number of aryl methyl sites for hydroxylation is 1. The van der Waals surface area contributed by atoms with Gasteiger partial charge in [0.1, 0.15) is 23.4 Å². The molecular weight excluding hydrogens is 526 g/mol. The summed E-state index contributed by atoms with van der Waals surface area (Å²) in [4.78, 5) is 42.0. The third-order valence-electron chi connectivity index (χ3n) is 6.34. The van der Waals surface area contributed by atoms with Crippen LogP contribution in [0.15, 0.2) is 60.7 Å². The summed E-state index contributed by atoms with van der Waals surface area (Å²) in [6, 6.07) is 16.4. The molecule has 0 fully saturated rings. The lowest BCUT2D eigenvalue weighted by atomic mass is 9.99. The van der Waals surface area contributed by atoms with E-state index in [1.807, 2.05) is 48.7 Å². The number of nitrogens with zero attached hydrogens (tertiary/aromatic N) is 1. The maximum atomic E-state index is 14.0. The van der Waals surface area contributed by atoms with Crippen LogP contribution in [-0.2, 0) is 14.3 Å². The van der Waals surface area contributed by atoms with E-state index in [2.05, 4.69) is 10.6 Å². The topological polar surface area (TPSA) is 108 Å². The van der Waals surface area contributed by atoms with Gasteiger partial charge in [0.25, 0.3) is 5.91 Å². The van der Waals surface area contributed by atoms with Gasteiger partial charge in [0.2, 0.25) is 5.91 Å². The molecular formula is C31H39N3O5S. The molecule has 8 nitrogen and oxygen atoms in total. The second-order valence-corrected chi connectivity index (χ2v) is 11.6. The Kier molecular flexibility index (Phi) is 10.5. The Morgan fingerprint density at radius 3 is 2.35 bits per heavy atom. The van der Waals surface area contributed by atoms with E-state index in [4.69, 9.17) is 4.74 Å². The largest absolute Gasteiger partial charge is 0.508 e. The standard InChI is InChI=1S/C31H39N3O5S/c1-7-34(29(37)25(16-17-40-6)33-30(38)39-31(3,4)5)27(23-13-15-26(35)20(2)18-23)28(36)32-24-14-12-21-10-8-9-11-22(21)19-24/h8-15,18-19,25,27,35H,7,16-17H2,1-6H3,(H,32,36)(H,33,38). The summed E-state index contributed by atoms with van der Waals surface area (Å²) in [5, 5.41) is 17.9. The zero-order valence-corrected chi connectivity index (χ0v) is 24.8. The van der Waals surface area contributed by atoms with E-state index in [9.17, 15) is 19.5 Å². The van der Waals surface area contributed by atoms with Gasteiger partial charge in [-0.05, 0) is 99.2 Å². The van der Waals surface area contributed by atoms with Crippen molar-refractivity contribution in [1.29, 1.82) is 0 Å². The van der Waals surface area contributed by atoms with Crippen LogP contribution in [0, 0.1) is 6.92 Å². The van der Waals surface area contributed by atoms with Gasteiger partial charge in [-0.1, -0.05) is 36.4 Å². The molecule has 3 rings (SSSR count). The maximum Gasteiger partial charge on any atom is 0.408 e. The van der Waals surface area contributed by atoms with Crippen LogP contribution in [0.1, 0.15) is 51.3 Å². The van der Waals surface area contributed by atoms with Crippen molar-refractivity contribution in [2.75, 3.05) is 23.9 Å². The molecule has 214 valence electrons. The number of alkyl carbamates (subject to hydrolysis) is 1. The Labute approximate surface area is 240 Å². The van der Waals surface area contributed by atoms with Crippen molar-refractivity contribution in [3.05, 3.63) is 71.8 Å². The molecule has 3 N–H and O–H groups in total. The number of ether oxygens (including phenoxy) is 1. The van der Waals surface area contributed by atoms with Crippen molar-refractivity contribution in [3.8, 4) is 5.75 Å². The van der Waals surface area contributed by atoms with Crippen LogP contribution in [-0.4, -0.2) is 58.1 Å². The summed E-state index contributed by atoms with van der Waals surface area (Å²) in [6.45, 7) is 9.00. The quantitative estimate of drug-likeness (QED) is 0.277. The maximum absolute atomic E-state index is 14.0. The molecule has 2 atom stereocenters. The molecule has 0 heterocycles. The fourth-order valence-electron chi connectivity index (χ4n) is 4.41.